The van der Waals surface area contributed by atoms with Gasteiger partial charge in [0.15, 0.2) is 0 Å². The summed E-state index contributed by atoms with van der Waals surface area (Å²) in [5.41, 5.74) is 3.65. The van der Waals surface area contributed by atoms with Crippen molar-refractivity contribution in [2.75, 3.05) is 6.61 Å². The molecule has 0 radical (unpaired) electrons. The van der Waals surface area contributed by atoms with Crippen molar-refractivity contribution in [3.05, 3.63) is 11.6 Å². The summed E-state index contributed by atoms with van der Waals surface area (Å²) in [6, 6.07) is 0. The second kappa shape index (κ2) is 6.66. The zero-order valence-corrected chi connectivity index (χ0v) is 21.7. The van der Waals surface area contributed by atoms with Gasteiger partial charge in [0.05, 0.1) is 18.8 Å². The highest BCUT2D eigenvalue weighted by molar-refractivity contribution is 5.30. The second-order valence-corrected chi connectivity index (χ2v) is 14.6. The van der Waals surface area contributed by atoms with Crippen LogP contribution in [0, 0.1) is 50.7 Å². The zero-order valence-electron chi connectivity index (χ0n) is 21.7. The molecule has 0 bridgehead atoms. The predicted octanol–water partition coefficient (Wildman–Crippen LogP) is 7.16. The summed E-state index contributed by atoms with van der Waals surface area (Å²) in [4.78, 5) is 0. The van der Waals surface area contributed by atoms with E-state index < -0.39 is 0 Å². The summed E-state index contributed by atoms with van der Waals surface area (Å²) >= 11 is 0. The molecule has 0 aromatic carbocycles. The molecule has 6 aliphatic rings. The highest BCUT2D eigenvalue weighted by atomic mass is 16.5. The Balaban J connectivity index is 1.28. The Bertz CT molecular complexity index is 825. The van der Waals surface area contributed by atoms with Crippen LogP contribution in [0.3, 0.4) is 0 Å². The van der Waals surface area contributed by atoms with Crippen molar-refractivity contribution in [2.45, 2.75) is 118 Å². The SMILES string of the molecule is CC(C)=C[C@@H]1C[C@H]([C@H]2CC[C@@]3(C)[C@@H]4CC[C@H]5C(C)(C)[C@@H](O)CC[C@@]56C[C@@]46CC[C@]23C)CO1. The molecule has 6 rings (SSSR count). The number of fused-ring (bicyclic) bond motifs is 2. The quantitative estimate of drug-likeness (QED) is 0.462. The second-order valence-electron chi connectivity index (χ2n) is 14.6. The fraction of sp³-hybridized carbons (Fsp3) is 0.933. The average molecular weight is 441 g/mol. The molecule has 180 valence electrons. The van der Waals surface area contributed by atoms with Gasteiger partial charge >= 0.3 is 0 Å². The lowest BCUT2D eigenvalue weighted by molar-refractivity contribution is -0.161. The van der Waals surface area contributed by atoms with Crippen molar-refractivity contribution in [3.8, 4) is 0 Å². The maximum Gasteiger partial charge on any atom is 0.0761 e. The first-order valence-electron chi connectivity index (χ1n) is 13.9. The van der Waals surface area contributed by atoms with Crippen molar-refractivity contribution in [3.63, 3.8) is 0 Å². The number of hydrogen-bond acceptors (Lipinski definition) is 2. The number of aliphatic hydroxyl groups is 1. The molecule has 0 aromatic rings. The first-order valence-corrected chi connectivity index (χ1v) is 13.9. The van der Waals surface area contributed by atoms with Crippen LogP contribution in [0.1, 0.15) is 106 Å². The van der Waals surface area contributed by atoms with E-state index in [0.717, 1.165) is 36.7 Å². The number of allylic oxidation sites excluding steroid dienone is 1. The van der Waals surface area contributed by atoms with Gasteiger partial charge in [0.2, 0.25) is 0 Å². The van der Waals surface area contributed by atoms with Crippen molar-refractivity contribution in [1.29, 1.82) is 0 Å². The fourth-order valence-corrected chi connectivity index (χ4v) is 11.6. The van der Waals surface area contributed by atoms with Crippen LogP contribution in [0.4, 0.5) is 0 Å². The van der Waals surface area contributed by atoms with Crippen molar-refractivity contribution >= 4 is 0 Å². The number of aliphatic hydroxyl groups excluding tert-OH is 1. The molecule has 2 heteroatoms. The van der Waals surface area contributed by atoms with Crippen LogP contribution >= 0.6 is 0 Å². The lowest BCUT2D eigenvalue weighted by Crippen LogP contribution is -2.57. The Hall–Kier alpha value is -0.340. The lowest BCUT2D eigenvalue weighted by Gasteiger charge is -2.63. The van der Waals surface area contributed by atoms with E-state index in [-0.39, 0.29) is 11.5 Å². The first-order chi connectivity index (χ1) is 15.0. The normalized spacial score (nSPS) is 57.7. The fourth-order valence-electron chi connectivity index (χ4n) is 11.6. The van der Waals surface area contributed by atoms with Gasteiger partial charge in [-0.25, -0.2) is 0 Å². The Kier molecular flexibility index (Phi) is 4.61. The molecule has 2 spiro atoms. The molecule has 1 aliphatic heterocycles. The van der Waals surface area contributed by atoms with E-state index in [2.05, 4.69) is 47.6 Å². The predicted molar refractivity (Wildman–Crippen MR) is 130 cm³/mol. The standard InChI is InChI=1S/C30H48O2/c1-19(2)15-21-16-20(17-32-21)22-9-11-28(6)24-8-7-23-26(3,4)25(31)10-12-29(23)18-30(24,29)14-13-27(22,28)5/h15,20-25,31H,7-14,16-18H2,1-6H3/t20-,21+,22+,23-,24-,25-,27+,28-,29+,30-/m0/s1. The molecular formula is C30H48O2. The Morgan fingerprint density at radius 3 is 2.31 bits per heavy atom. The van der Waals surface area contributed by atoms with Gasteiger partial charge in [-0.05, 0) is 129 Å². The van der Waals surface area contributed by atoms with E-state index in [4.69, 9.17) is 4.74 Å². The average Bonchev–Trinajstić information content (AvgIpc) is 3.02. The van der Waals surface area contributed by atoms with Crippen LogP contribution in [-0.4, -0.2) is 23.9 Å². The molecule has 0 aromatic heterocycles. The molecule has 5 saturated carbocycles. The van der Waals surface area contributed by atoms with Crippen LogP contribution in [0.2, 0.25) is 0 Å². The molecular weight excluding hydrogens is 392 g/mol. The Morgan fingerprint density at radius 2 is 1.56 bits per heavy atom. The number of rotatable bonds is 2. The molecule has 0 amide bonds. The van der Waals surface area contributed by atoms with Crippen LogP contribution in [0.15, 0.2) is 11.6 Å². The third kappa shape index (κ3) is 2.50. The summed E-state index contributed by atoms with van der Waals surface area (Å²) in [6.07, 6.45) is 16.2. The summed E-state index contributed by atoms with van der Waals surface area (Å²) in [5, 5.41) is 10.9. The molecule has 1 N–H and O–H groups in total. The zero-order chi connectivity index (χ0) is 22.7. The van der Waals surface area contributed by atoms with E-state index in [0.29, 0.717) is 27.8 Å². The van der Waals surface area contributed by atoms with E-state index in [1.165, 1.54) is 63.4 Å². The third-order valence-corrected chi connectivity index (χ3v) is 13.3. The molecule has 32 heavy (non-hydrogen) atoms. The highest BCUT2D eigenvalue weighted by Crippen LogP contribution is 2.89. The van der Waals surface area contributed by atoms with Gasteiger partial charge in [0.1, 0.15) is 0 Å². The Labute approximate surface area is 197 Å². The largest absolute Gasteiger partial charge is 0.393 e. The van der Waals surface area contributed by atoms with Gasteiger partial charge in [-0.1, -0.05) is 39.3 Å². The topological polar surface area (TPSA) is 29.5 Å². The Morgan fingerprint density at radius 1 is 0.844 bits per heavy atom. The summed E-state index contributed by atoms with van der Waals surface area (Å²) < 4.78 is 6.28. The molecule has 6 fully saturated rings. The maximum absolute atomic E-state index is 10.9. The molecule has 0 unspecified atom stereocenters. The van der Waals surface area contributed by atoms with Crippen LogP contribution in [0.25, 0.3) is 0 Å². The minimum absolute atomic E-state index is 0.0938. The highest BCUT2D eigenvalue weighted by Gasteiger charge is 2.82. The van der Waals surface area contributed by atoms with Gasteiger partial charge in [0.25, 0.3) is 0 Å². The van der Waals surface area contributed by atoms with Crippen LogP contribution < -0.4 is 0 Å². The smallest absolute Gasteiger partial charge is 0.0761 e. The van der Waals surface area contributed by atoms with Gasteiger partial charge in [-0.15, -0.1) is 0 Å². The van der Waals surface area contributed by atoms with Crippen molar-refractivity contribution in [2.24, 2.45) is 50.7 Å². The molecule has 1 saturated heterocycles. The minimum atomic E-state index is -0.0938. The minimum Gasteiger partial charge on any atom is -0.393 e. The van der Waals surface area contributed by atoms with E-state index in [1.54, 1.807) is 0 Å². The molecule has 5 aliphatic carbocycles. The van der Waals surface area contributed by atoms with Crippen molar-refractivity contribution in [1.82, 2.24) is 0 Å². The van der Waals surface area contributed by atoms with Crippen LogP contribution in [0.5, 0.6) is 0 Å². The van der Waals surface area contributed by atoms with Crippen LogP contribution in [-0.2, 0) is 4.74 Å². The monoisotopic (exact) mass is 440 g/mol. The molecule has 2 nitrogen and oxygen atoms in total. The maximum atomic E-state index is 10.9. The summed E-state index contributed by atoms with van der Waals surface area (Å²) in [5.74, 6) is 3.26. The summed E-state index contributed by atoms with van der Waals surface area (Å²) in [6.45, 7) is 15.6. The lowest BCUT2D eigenvalue weighted by atomic mass is 9.41. The van der Waals surface area contributed by atoms with E-state index >= 15 is 0 Å². The van der Waals surface area contributed by atoms with Gasteiger partial charge in [-0.2, -0.15) is 0 Å². The van der Waals surface area contributed by atoms with Gasteiger partial charge in [0, 0.05) is 0 Å². The van der Waals surface area contributed by atoms with Crippen molar-refractivity contribution < 1.29 is 9.84 Å². The first kappa shape index (κ1) is 22.1. The van der Waals surface area contributed by atoms with Gasteiger partial charge in [-0.3, -0.25) is 0 Å². The number of ether oxygens (including phenoxy) is 1. The van der Waals surface area contributed by atoms with E-state index in [1.807, 2.05) is 0 Å². The molecule has 10 atom stereocenters. The number of hydrogen-bond donors (Lipinski definition) is 1. The summed E-state index contributed by atoms with van der Waals surface area (Å²) in [7, 11) is 0. The molecule has 1 heterocycles. The van der Waals surface area contributed by atoms with Gasteiger partial charge < -0.3 is 9.84 Å². The van der Waals surface area contributed by atoms with E-state index in [9.17, 15) is 5.11 Å². The third-order valence-electron chi connectivity index (χ3n) is 13.3.